The highest BCUT2D eigenvalue weighted by Crippen LogP contribution is 2.09. The first kappa shape index (κ1) is 14.6. The first-order chi connectivity index (χ1) is 8.45. The molecule has 6 nitrogen and oxygen atoms in total. The van der Waals surface area contributed by atoms with Crippen molar-refractivity contribution in [2.45, 2.75) is 45.2 Å². The van der Waals surface area contributed by atoms with Crippen molar-refractivity contribution < 1.29 is 14.4 Å². The lowest BCUT2D eigenvalue weighted by molar-refractivity contribution is -0.137. The van der Waals surface area contributed by atoms with E-state index in [1.165, 1.54) is 7.05 Å². The minimum Gasteiger partial charge on any atom is -0.353 e. The Morgan fingerprint density at radius 1 is 1.50 bits per heavy atom. The standard InChI is InChI=1S/C12H21N3O3/c1-4-5-8(2)14-10(16)7-13-9-6-11(17)15(3)12(9)18/h8-9,13H,4-7H2,1-3H3,(H,14,16). The van der Waals surface area contributed by atoms with Crippen LogP contribution >= 0.6 is 0 Å². The van der Waals surface area contributed by atoms with Gasteiger partial charge in [-0.3, -0.25) is 24.6 Å². The number of amides is 3. The van der Waals surface area contributed by atoms with E-state index >= 15 is 0 Å². The predicted octanol–water partition coefficient (Wildman–Crippen LogP) is -0.362. The topological polar surface area (TPSA) is 78.5 Å². The molecule has 1 saturated heterocycles. The smallest absolute Gasteiger partial charge is 0.246 e. The van der Waals surface area contributed by atoms with Crippen LogP contribution in [0.3, 0.4) is 0 Å². The number of likely N-dealkylation sites (tertiary alicyclic amines) is 1. The molecule has 2 N–H and O–H groups in total. The Balaban J connectivity index is 2.31. The largest absolute Gasteiger partial charge is 0.353 e. The molecule has 3 amide bonds. The number of hydrogen-bond acceptors (Lipinski definition) is 4. The van der Waals surface area contributed by atoms with Gasteiger partial charge in [0.2, 0.25) is 17.7 Å². The molecular formula is C12H21N3O3. The minimum absolute atomic E-state index is 0.0611. The van der Waals surface area contributed by atoms with Crippen molar-refractivity contribution in [2.24, 2.45) is 0 Å². The van der Waals surface area contributed by atoms with Crippen LogP contribution in [0, 0.1) is 0 Å². The monoisotopic (exact) mass is 255 g/mol. The van der Waals surface area contributed by atoms with Gasteiger partial charge in [-0.1, -0.05) is 13.3 Å². The van der Waals surface area contributed by atoms with Crippen LogP contribution in [-0.4, -0.2) is 48.3 Å². The summed E-state index contributed by atoms with van der Waals surface area (Å²) < 4.78 is 0. The zero-order valence-corrected chi connectivity index (χ0v) is 11.2. The van der Waals surface area contributed by atoms with Gasteiger partial charge in [-0.15, -0.1) is 0 Å². The maximum absolute atomic E-state index is 11.6. The number of nitrogens with zero attached hydrogens (tertiary/aromatic N) is 1. The van der Waals surface area contributed by atoms with Crippen molar-refractivity contribution in [3.63, 3.8) is 0 Å². The molecule has 2 atom stereocenters. The van der Waals surface area contributed by atoms with E-state index in [1.807, 2.05) is 6.92 Å². The van der Waals surface area contributed by atoms with E-state index < -0.39 is 6.04 Å². The summed E-state index contributed by atoms with van der Waals surface area (Å²) in [5.74, 6) is -0.627. The molecule has 0 aliphatic carbocycles. The highest BCUT2D eigenvalue weighted by Gasteiger charge is 2.35. The molecule has 0 aromatic heterocycles. The summed E-state index contributed by atoms with van der Waals surface area (Å²) in [4.78, 5) is 35.5. The minimum atomic E-state index is -0.560. The van der Waals surface area contributed by atoms with Crippen LogP contribution in [0.4, 0.5) is 0 Å². The van der Waals surface area contributed by atoms with Crippen LogP contribution in [0.2, 0.25) is 0 Å². The summed E-state index contributed by atoms with van der Waals surface area (Å²) in [6.07, 6.45) is 2.07. The van der Waals surface area contributed by atoms with Gasteiger partial charge in [-0.25, -0.2) is 0 Å². The number of carbonyl (C=O) groups excluding carboxylic acids is 3. The van der Waals surface area contributed by atoms with E-state index in [1.54, 1.807) is 0 Å². The van der Waals surface area contributed by atoms with Crippen LogP contribution < -0.4 is 10.6 Å². The molecule has 1 aliphatic rings. The van der Waals surface area contributed by atoms with Gasteiger partial charge in [0.15, 0.2) is 0 Å². The maximum atomic E-state index is 11.6. The summed E-state index contributed by atoms with van der Waals surface area (Å²) in [5.41, 5.74) is 0. The second kappa shape index (κ2) is 6.49. The van der Waals surface area contributed by atoms with Crippen LogP contribution in [0.5, 0.6) is 0 Å². The van der Waals surface area contributed by atoms with Gasteiger partial charge in [0.25, 0.3) is 0 Å². The number of nitrogens with one attached hydrogen (secondary N) is 2. The fourth-order valence-corrected chi connectivity index (χ4v) is 1.96. The highest BCUT2D eigenvalue weighted by atomic mass is 16.2. The van der Waals surface area contributed by atoms with Gasteiger partial charge in [-0.2, -0.15) is 0 Å². The lowest BCUT2D eigenvalue weighted by atomic mass is 10.2. The van der Waals surface area contributed by atoms with Crippen molar-refractivity contribution in [3.8, 4) is 0 Å². The first-order valence-corrected chi connectivity index (χ1v) is 6.28. The normalized spacial score (nSPS) is 21.3. The van der Waals surface area contributed by atoms with Gasteiger partial charge < -0.3 is 5.32 Å². The number of likely N-dealkylation sites (N-methyl/N-ethyl adjacent to an activating group) is 1. The molecule has 0 aromatic carbocycles. The van der Waals surface area contributed by atoms with Crippen molar-refractivity contribution in [3.05, 3.63) is 0 Å². The van der Waals surface area contributed by atoms with Crippen LogP contribution in [0.1, 0.15) is 33.1 Å². The van der Waals surface area contributed by atoms with Crippen molar-refractivity contribution in [1.82, 2.24) is 15.5 Å². The third kappa shape index (κ3) is 3.80. The van der Waals surface area contributed by atoms with Crippen LogP contribution in [0.25, 0.3) is 0 Å². The molecule has 18 heavy (non-hydrogen) atoms. The molecule has 1 rings (SSSR count). The molecule has 102 valence electrons. The Morgan fingerprint density at radius 3 is 2.67 bits per heavy atom. The van der Waals surface area contributed by atoms with E-state index in [9.17, 15) is 14.4 Å². The molecule has 6 heteroatoms. The molecule has 0 aromatic rings. The molecule has 0 radical (unpaired) electrons. The molecule has 2 unspecified atom stereocenters. The highest BCUT2D eigenvalue weighted by molar-refractivity contribution is 6.05. The summed E-state index contributed by atoms with van der Waals surface area (Å²) in [6.45, 7) is 4.06. The quantitative estimate of drug-likeness (QED) is 0.635. The average Bonchev–Trinajstić information content (AvgIpc) is 2.54. The lowest BCUT2D eigenvalue weighted by Crippen LogP contribution is -2.44. The van der Waals surface area contributed by atoms with Crippen molar-refractivity contribution in [2.75, 3.05) is 13.6 Å². The second-order valence-electron chi connectivity index (χ2n) is 4.69. The average molecular weight is 255 g/mol. The number of hydrogen-bond donors (Lipinski definition) is 2. The number of rotatable bonds is 6. The van der Waals surface area contributed by atoms with E-state index in [2.05, 4.69) is 17.6 Å². The zero-order valence-electron chi connectivity index (χ0n) is 11.2. The van der Waals surface area contributed by atoms with Crippen molar-refractivity contribution >= 4 is 17.7 Å². The molecule has 0 saturated carbocycles. The molecule has 0 spiro atoms. The number of imide groups is 1. The van der Waals surface area contributed by atoms with Crippen LogP contribution in [-0.2, 0) is 14.4 Å². The second-order valence-corrected chi connectivity index (χ2v) is 4.69. The molecule has 1 fully saturated rings. The Labute approximate surface area is 107 Å². The molecular weight excluding hydrogens is 234 g/mol. The first-order valence-electron chi connectivity index (χ1n) is 6.28. The van der Waals surface area contributed by atoms with Crippen molar-refractivity contribution in [1.29, 1.82) is 0 Å². The summed E-state index contributed by atoms with van der Waals surface area (Å²) in [7, 11) is 1.45. The Kier molecular flexibility index (Phi) is 5.27. The molecule has 1 heterocycles. The van der Waals surface area contributed by atoms with E-state index in [0.717, 1.165) is 17.7 Å². The SMILES string of the molecule is CCCC(C)NC(=O)CNC1CC(=O)N(C)C1=O. The van der Waals surface area contributed by atoms with Gasteiger partial charge in [0.1, 0.15) is 0 Å². The van der Waals surface area contributed by atoms with E-state index in [-0.39, 0.29) is 36.7 Å². The fourth-order valence-electron chi connectivity index (χ4n) is 1.96. The lowest BCUT2D eigenvalue weighted by Gasteiger charge is -2.14. The Morgan fingerprint density at radius 2 is 2.17 bits per heavy atom. The molecule has 0 bridgehead atoms. The fraction of sp³-hybridized carbons (Fsp3) is 0.750. The Bertz CT molecular complexity index is 343. The summed E-state index contributed by atoms with van der Waals surface area (Å²) in [5, 5.41) is 5.65. The third-order valence-corrected chi connectivity index (χ3v) is 3.02. The van der Waals surface area contributed by atoms with Gasteiger partial charge >= 0.3 is 0 Å². The number of carbonyl (C=O) groups is 3. The van der Waals surface area contributed by atoms with E-state index in [4.69, 9.17) is 0 Å². The zero-order chi connectivity index (χ0) is 13.7. The Hall–Kier alpha value is -1.43. The maximum Gasteiger partial charge on any atom is 0.246 e. The van der Waals surface area contributed by atoms with E-state index in [0.29, 0.717) is 0 Å². The van der Waals surface area contributed by atoms with Gasteiger partial charge in [-0.05, 0) is 13.3 Å². The van der Waals surface area contributed by atoms with Crippen LogP contribution in [0.15, 0.2) is 0 Å². The third-order valence-electron chi connectivity index (χ3n) is 3.02. The predicted molar refractivity (Wildman–Crippen MR) is 66.7 cm³/mol. The summed E-state index contributed by atoms with van der Waals surface area (Å²) >= 11 is 0. The summed E-state index contributed by atoms with van der Waals surface area (Å²) in [6, 6.07) is -0.428. The molecule has 1 aliphatic heterocycles. The van der Waals surface area contributed by atoms with Gasteiger partial charge in [0, 0.05) is 13.1 Å². The van der Waals surface area contributed by atoms with Gasteiger partial charge in [0.05, 0.1) is 19.0 Å².